The zero-order valence-electron chi connectivity index (χ0n) is 10.6. The van der Waals surface area contributed by atoms with Gasteiger partial charge in [0.25, 0.3) is 0 Å². The number of ether oxygens (including phenoxy) is 1. The fourth-order valence-electron chi connectivity index (χ4n) is 1.85. The van der Waals surface area contributed by atoms with E-state index in [0.717, 1.165) is 17.1 Å². The second kappa shape index (κ2) is 5.00. The minimum Gasteiger partial charge on any atom is -0.495 e. The Morgan fingerprint density at radius 1 is 1.44 bits per heavy atom. The molecule has 0 fully saturated rings. The molecule has 5 heteroatoms. The van der Waals surface area contributed by atoms with Gasteiger partial charge >= 0.3 is 0 Å². The molecule has 2 aromatic rings. The van der Waals surface area contributed by atoms with Crippen LogP contribution in [-0.2, 0) is 13.7 Å². The summed E-state index contributed by atoms with van der Waals surface area (Å²) in [6.07, 6.45) is 0. The molecule has 0 aliphatic heterocycles. The Balaban J connectivity index is 2.52. The van der Waals surface area contributed by atoms with Gasteiger partial charge in [0.05, 0.1) is 24.4 Å². The topological polar surface area (TPSA) is 47.3 Å². The number of benzene rings is 1. The number of nitrogens with zero attached hydrogens (tertiary/aromatic N) is 2. The molecule has 2 rings (SSSR count). The Morgan fingerprint density at radius 2 is 2.17 bits per heavy atom. The molecule has 1 heterocycles. The van der Waals surface area contributed by atoms with Gasteiger partial charge in [0.15, 0.2) is 0 Å². The molecule has 96 valence electrons. The number of methoxy groups -OCH3 is 1. The van der Waals surface area contributed by atoms with Gasteiger partial charge in [-0.15, -0.1) is 0 Å². The van der Waals surface area contributed by atoms with Crippen LogP contribution in [0, 0.1) is 6.92 Å². The minimum atomic E-state index is -0.0659. The largest absolute Gasteiger partial charge is 0.495 e. The van der Waals surface area contributed by atoms with E-state index in [1.807, 2.05) is 30.7 Å². The standard InChI is InChI=1S/C13H15ClN2O2/c1-8-11(7-17)15-13(16(8)2)9-4-5-12(18-3)10(14)6-9/h4-6,17H,7H2,1-3H3. The van der Waals surface area contributed by atoms with Gasteiger partial charge in [-0.05, 0) is 25.1 Å². The molecule has 0 saturated heterocycles. The molecule has 1 aromatic carbocycles. The van der Waals surface area contributed by atoms with E-state index in [4.69, 9.17) is 16.3 Å². The van der Waals surface area contributed by atoms with E-state index in [-0.39, 0.29) is 6.61 Å². The van der Waals surface area contributed by atoms with Crippen LogP contribution in [0.1, 0.15) is 11.4 Å². The van der Waals surface area contributed by atoms with Crippen molar-refractivity contribution in [3.05, 3.63) is 34.6 Å². The summed E-state index contributed by atoms with van der Waals surface area (Å²) in [5.41, 5.74) is 2.52. The highest BCUT2D eigenvalue weighted by Crippen LogP contribution is 2.30. The van der Waals surface area contributed by atoms with Crippen molar-refractivity contribution in [3.63, 3.8) is 0 Å². The monoisotopic (exact) mass is 266 g/mol. The number of halogens is 1. The van der Waals surface area contributed by atoms with Crippen molar-refractivity contribution in [2.45, 2.75) is 13.5 Å². The van der Waals surface area contributed by atoms with Crippen LogP contribution in [0.15, 0.2) is 18.2 Å². The Hall–Kier alpha value is -1.52. The van der Waals surface area contributed by atoms with Crippen molar-refractivity contribution in [1.82, 2.24) is 9.55 Å². The van der Waals surface area contributed by atoms with Crippen LogP contribution in [0.25, 0.3) is 11.4 Å². The van der Waals surface area contributed by atoms with Crippen LogP contribution in [-0.4, -0.2) is 21.8 Å². The molecule has 1 N–H and O–H groups in total. The number of hydrogen-bond donors (Lipinski definition) is 1. The van der Waals surface area contributed by atoms with Gasteiger partial charge < -0.3 is 14.4 Å². The fourth-order valence-corrected chi connectivity index (χ4v) is 2.11. The molecule has 0 unspecified atom stereocenters. The average molecular weight is 267 g/mol. The third-order valence-electron chi connectivity index (χ3n) is 3.04. The highest BCUT2D eigenvalue weighted by Gasteiger charge is 2.13. The second-order valence-electron chi connectivity index (χ2n) is 4.03. The molecule has 0 atom stereocenters. The van der Waals surface area contributed by atoms with E-state index in [0.29, 0.717) is 16.5 Å². The van der Waals surface area contributed by atoms with Crippen molar-refractivity contribution in [1.29, 1.82) is 0 Å². The van der Waals surface area contributed by atoms with Gasteiger partial charge in [0.1, 0.15) is 11.6 Å². The quantitative estimate of drug-likeness (QED) is 0.929. The lowest BCUT2D eigenvalue weighted by atomic mass is 10.2. The van der Waals surface area contributed by atoms with Gasteiger partial charge in [-0.3, -0.25) is 0 Å². The number of aromatic nitrogens is 2. The molecule has 4 nitrogen and oxygen atoms in total. The van der Waals surface area contributed by atoms with Crippen LogP contribution in [0.5, 0.6) is 5.75 Å². The molecular formula is C13H15ClN2O2. The van der Waals surface area contributed by atoms with Crippen molar-refractivity contribution in [2.75, 3.05) is 7.11 Å². The van der Waals surface area contributed by atoms with E-state index >= 15 is 0 Å². The third kappa shape index (κ3) is 2.09. The first-order valence-electron chi connectivity index (χ1n) is 5.55. The Morgan fingerprint density at radius 3 is 2.67 bits per heavy atom. The van der Waals surface area contributed by atoms with E-state index < -0.39 is 0 Å². The average Bonchev–Trinajstić information content (AvgIpc) is 2.66. The summed E-state index contributed by atoms with van der Waals surface area (Å²) in [5, 5.41) is 9.76. The fraction of sp³-hybridized carbons (Fsp3) is 0.308. The Kier molecular flexibility index (Phi) is 3.59. The SMILES string of the molecule is COc1ccc(-c2nc(CO)c(C)n2C)cc1Cl. The summed E-state index contributed by atoms with van der Waals surface area (Å²) in [5.74, 6) is 1.41. The van der Waals surface area contributed by atoms with E-state index in [2.05, 4.69) is 4.98 Å². The van der Waals surface area contributed by atoms with Gasteiger partial charge in [-0.25, -0.2) is 4.98 Å². The van der Waals surface area contributed by atoms with Gasteiger partial charge in [0.2, 0.25) is 0 Å². The maximum atomic E-state index is 9.22. The van der Waals surface area contributed by atoms with E-state index in [1.165, 1.54) is 0 Å². The van der Waals surface area contributed by atoms with Gasteiger partial charge in [0, 0.05) is 18.3 Å². The Bertz CT molecular complexity index is 579. The lowest BCUT2D eigenvalue weighted by Gasteiger charge is -2.06. The predicted molar refractivity (Wildman–Crippen MR) is 70.9 cm³/mol. The zero-order chi connectivity index (χ0) is 13.3. The predicted octanol–water partition coefficient (Wildman–Crippen LogP) is 2.55. The van der Waals surface area contributed by atoms with Crippen molar-refractivity contribution in [2.24, 2.45) is 7.05 Å². The van der Waals surface area contributed by atoms with Crippen LogP contribution in [0.3, 0.4) is 0 Å². The second-order valence-corrected chi connectivity index (χ2v) is 4.44. The highest BCUT2D eigenvalue weighted by molar-refractivity contribution is 6.32. The summed E-state index contributed by atoms with van der Waals surface area (Å²) >= 11 is 6.10. The van der Waals surface area contributed by atoms with Gasteiger partial charge in [-0.1, -0.05) is 11.6 Å². The number of imidazole rings is 1. The number of aliphatic hydroxyl groups is 1. The van der Waals surface area contributed by atoms with E-state index in [9.17, 15) is 5.11 Å². The van der Waals surface area contributed by atoms with Crippen molar-refractivity contribution >= 4 is 11.6 Å². The third-order valence-corrected chi connectivity index (χ3v) is 3.33. The summed E-state index contributed by atoms with van der Waals surface area (Å²) < 4.78 is 7.05. The lowest BCUT2D eigenvalue weighted by Crippen LogP contribution is -1.95. The molecule has 0 aliphatic rings. The summed E-state index contributed by atoms with van der Waals surface area (Å²) in [6, 6.07) is 5.51. The maximum Gasteiger partial charge on any atom is 0.140 e. The zero-order valence-corrected chi connectivity index (χ0v) is 11.3. The smallest absolute Gasteiger partial charge is 0.140 e. The van der Waals surface area contributed by atoms with Crippen LogP contribution in [0.4, 0.5) is 0 Å². The molecule has 0 amide bonds. The van der Waals surface area contributed by atoms with Crippen molar-refractivity contribution in [3.8, 4) is 17.1 Å². The molecular weight excluding hydrogens is 252 g/mol. The molecule has 0 aliphatic carbocycles. The highest BCUT2D eigenvalue weighted by atomic mass is 35.5. The molecule has 0 radical (unpaired) electrons. The molecule has 0 saturated carbocycles. The summed E-state index contributed by atoms with van der Waals surface area (Å²) in [7, 11) is 3.49. The number of aliphatic hydroxyl groups excluding tert-OH is 1. The first-order chi connectivity index (χ1) is 8.58. The minimum absolute atomic E-state index is 0.0659. The van der Waals surface area contributed by atoms with Crippen LogP contribution >= 0.6 is 11.6 Å². The normalized spacial score (nSPS) is 10.7. The van der Waals surface area contributed by atoms with Crippen LogP contribution < -0.4 is 4.74 Å². The summed E-state index contributed by atoms with van der Waals surface area (Å²) in [4.78, 5) is 4.41. The summed E-state index contributed by atoms with van der Waals surface area (Å²) in [6.45, 7) is 1.86. The van der Waals surface area contributed by atoms with E-state index in [1.54, 1.807) is 13.2 Å². The number of hydrogen-bond acceptors (Lipinski definition) is 3. The molecule has 1 aromatic heterocycles. The van der Waals surface area contributed by atoms with Crippen molar-refractivity contribution < 1.29 is 9.84 Å². The first kappa shape index (κ1) is 12.9. The van der Waals surface area contributed by atoms with Gasteiger partial charge in [-0.2, -0.15) is 0 Å². The molecule has 18 heavy (non-hydrogen) atoms. The first-order valence-corrected chi connectivity index (χ1v) is 5.93. The van der Waals surface area contributed by atoms with Crippen LogP contribution in [0.2, 0.25) is 5.02 Å². The number of rotatable bonds is 3. The Labute approximate surface area is 111 Å². The molecule has 0 spiro atoms. The maximum absolute atomic E-state index is 9.22. The lowest BCUT2D eigenvalue weighted by molar-refractivity contribution is 0.276. The molecule has 0 bridgehead atoms.